The maximum atomic E-state index is 12.7. The van der Waals surface area contributed by atoms with Gasteiger partial charge in [-0.15, -0.1) is 0 Å². The van der Waals surface area contributed by atoms with E-state index in [1.54, 1.807) is 4.90 Å². The zero-order chi connectivity index (χ0) is 16.2. The number of carbonyl (C=O) groups excluding carboxylic acids is 1. The van der Waals surface area contributed by atoms with Gasteiger partial charge in [0.15, 0.2) is 11.0 Å². The van der Waals surface area contributed by atoms with Crippen LogP contribution in [0, 0.1) is 6.92 Å². The van der Waals surface area contributed by atoms with Gasteiger partial charge in [-0.25, -0.2) is 4.90 Å². The molecular weight excluding hydrogens is 324 g/mol. The maximum Gasteiger partial charge on any atom is 0.270 e. The van der Waals surface area contributed by atoms with Crippen LogP contribution in [-0.2, 0) is 4.79 Å². The van der Waals surface area contributed by atoms with Gasteiger partial charge in [-0.3, -0.25) is 4.79 Å². The minimum Gasteiger partial charge on any atom is -0.317 e. The second-order valence-electron chi connectivity index (χ2n) is 6.34. The number of nitrogens with one attached hydrogen (secondary N) is 1. The van der Waals surface area contributed by atoms with Gasteiger partial charge in [0.25, 0.3) is 5.91 Å². The number of thiocarbonyl (C=S) groups is 1. The van der Waals surface area contributed by atoms with Gasteiger partial charge in [0.05, 0.1) is 18.0 Å². The topological polar surface area (TPSA) is 24.8 Å². The first-order valence-electron chi connectivity index (χ1n) is 8.29. The lowest BCUT2D eigenvalue weighted by Gasteiger charge is -2.22. The summed E-state index contributed by atoms with van der Waals surface area (Å²) in [6, 6.07) is 8.21. The SMILES string of the molecule is Cc1ccc(C=C2SC(=S)N(C[NH+]3CCCCCC3)C2=O)cc1. The molecule has 23 heavy (non-hydrogen) atoms. The highest BCUT2D eigenvalue weighted by Gasteiger charge is 2.34. The first kappa shape index (κ1) is 16.7. The van der Waals surface area contributed by atoms with E-state index in [1.165, 1.54) is 47.9 Å². The zero-order valence-corrected chi connectivity index (χ0v) is 15.1. The van der Waals surface area contributed by atoms with E-state index in [2.05, 4.69) is 19.1 Å². The molecule has 0 saturated carbocycles. The Morgan fingerprint density at radius 2 is 1.83 bits per heavy atom. The molecule has 1 amide bonds. The maximum absolute atomic E-state index is 12.7. The number of benzene rings is 1. The van der Waals surface area contributed by atoms with E-state index in [9.17, 15) is 4.79 Å². The summed E-state index contributed by atoms with van der Waals surface area (Å²) in [5.41, 5.74) is 2.28. The van der Waals surface area contributed by atoms with Crippen molar-refractivity contribution in [2.45, 2.75) is 32.6 Å². The first-order chi connectivity index (χ1) is 11.1. The molecule has 0 bridgehead atoms. The van der Waals surface area contributed by atoms with Crippen molar-refractivity contribution in [2.24, 2.45) is 0 Å². The fourth-order valence-electron chi connectivity index (χ4n) is 3.06. The largest absolute Gasteiger partial charge is 0.317 e. The Balaban J connectivity index is 1.70. The molecule has 2 aliphatic heterocycles. The number of quaternary nitrogens is 1. The van der Waals surface area contributed by atoms with Crippen LogP contribution in [0.5, 0.6) is 0 Å². The molecule has 0 aliphatic carbocycles. The molecule has 0 unspecified atom stereocenters. The van der Waals surface area contributed by atoms with E-state index in [1.807, 2.05) is 18.2 Å². The minimum absolute atomic E-state index is 0.0670. The number of carbonyl (C=O) groups is 1. The van der Waals surface area contributed by atoms with Crippen molar-refractivity contribution >= 4 is 40.3 Å². The number of nitrogens with zero attached hydrogens (tertiary/aromatic N) is 1. The molecule has 2 aliphatic rings. The summed E-state index contributed by atoms with van der Waals surface area (Å²) in [6.45, 7) is 5.07. The molecule has 0 aromatic heterocycles. The van der Waals surface area contributed by atoms with Crippen LogP contribution in [0.25, 0.3) is 6.08 Å². The van der Waals surface area contributed by atoms with E-state index >= 15 is 0 Å². The lowest BCUT2D eigenvalue weighted by molar-refractivity contribution is -0.906. The molecule has 1 aromatic rings. The summed E-state index contributed by atoms with van der Waals surface area (Å²) in [7, 11) is 0. The Hall–Kier alpha value is -1.17. The Bertz CT molecular complexity index is 616. The third kappa shape index (κ3) is 4.22. The summed E-state index contributed by atoms with van der Waals surface area (Å²) < 4.78 is 0.699. The van der Waals surface area contributed by atoms with Crippen molar-refractivity contribution in [3.05, 3.63) is 40.3 Å². The standard InChI is InChI=1S/C18H22N2OS2/c1-14-6-8-15(9-7-14)12-16-17(21)20(18(22)23-16)13-19-10-4-2-3-5-11-19/h6-9,12H,2-5,10-11,13H2,1H3/p+1. The van der Waals surface area contributed by atoms with Crippen molar-refractivity contribution in [3.63, 3.8) is 0 Å². The molecule has 2 fully saturated rings. The molecule has 0 radical (unpaired) electrons. The summed E-state index contributed by atoms with van der Waals surface area (Å²) in [5.74, 6) is 0.0670. The lowest BCUT2D eigenvalue weighted by Crippen LogP contribution is -3.13. The number of hydrogen-bond donors (Lipinski definition) is 1. The molecule has 5 heteroatoms. The minimum atomic E-state index is 0.0670. The smallest absolute Gasteiger partial charge is 0.270 e. The van der Waals surface area contributed by atoms with Gasteiger partial charge in [0, 0.05) is 0 Å². The van der Waals surface area contributed by atoms with Crippen LogP contribution in [-0.4, -0.2) is 34.9 Å². The highest BCUT2D eigenvalue weighted by molar-refractivity contribution is 8.26. The van der Waals surface area contributed by atoms with E-state index in [0.29, 0.717) is 4.32 Å². The van der Waals surface area contributed by atoms with Crippen LogP contribution in [0.15, 0.2) is 29.2 Å². The van der Waals surface area contributed by atoms with Crippen LogP contribution in [0.1, 0.15) is 36.8 Å². The fraction of sp³-hybridized carbons (Fsp3) is 0.444. The third-order valence-electron chi connectivity index (χ3n) is 4.44. The number of hydrogen-bond acceptors (Lipinski definition) is 3. The van der Waals surface area contributed by atoms with Crippen molar-refractivity contribution in [1.29, 1.82) is 0 Å². The first-order valence-corrected chi connectivity index (χ1v) is 9.51. The van der Waals surface area contributed by atoms with Gasteiger partial charge >= 0.3 is 0 Å². The Morgan fingerprint density at radius 1 is 1.17 bits per heavy atom. The monoisotopic (exact) mass is 347 g/mol. The van der Waals surface area contributed by atoms with Gasteiger partial charge in [-0.1, -0.05) is 53.8 Å². The van der Waals surface area contributed by atoms with Crippen molar-refractivity contribution in [3.8, 4) is 0 Å². The number of likely N-dealkylation sites (tertiary alicyclic amines) is 1. The molecule has 1 aromatic carbocycles. The number of aryl methyl sites for hydroxylation is 1. The highest BCUT2D eigenvalue weighted by atomic mass is 32.2. The number of thioether (sulfide) groups is 1. The van der Waals surface area contributed by atoms with Crippen LogP contribution in [0.4, 0.5) is 0 Å². The van der Waals surface area contributed by atoms with Gasteiger partial charge in [0.1, 0.15) is 0 Å². The van der Waals surface area contributed by atoms with Gasteiger partial charge in [-0.2, -0.15) is 0 Å². The summed E-state index contributed by atoms with van der Waals surface area (Å²) in [4.78, 5) is 16.7. The molecule has 2 heterocycles. The molecule has 122 valence electrons. The predicted molar refractivity (Wildman–Crippen MR) is 100 cm³/mol. The Labute approximate surface area is 147 Å². The quantitative estimate of drug-likeness (QED) is 0.672. The highest BCUT2D eigenvalue weighted by Crippen LogP contribution is 2.31. The summed E-state index contributed by atoms with van der Waals surface area (Å²) >= 11 is 6.88. The van der Waals surface area contributed by atoms with E-state index < -0.39 is 0 Å². The molecule has 3 nitrogen and oxygen atoms in total. The fourth-order valence-corrected chi connectivity index (χ4v) is 4.32. The van der Waals surface area contributed by atoms with Crippen LogP contribution >= 0.6 is 24.0 Å². The predicted octanol–water partition coefficient (Wildman–Crippen LogP) is 2.61. The van der Waals surface area contributed by atoms with Gasteiger partial charge < -0.3 is 4.90 Å². The Kier molecular flexibility index (Phi) is 5.51. The van der Waals surface area contributed by atoms with Crippen LogP contribution in [0.2, 0.25) is 0 Å². The van der Waals surface area contributed by atoms with Gasteiger partial charge in [0.2, 0.25) is 0 Å². The number of amides is 1. The molecule has 2 saturated heterocycles. The van der Waals surface area contributed by atoms with Crippen LogP contribution in [0.3, 0.4) is 0 Å². The lowest BCUT2D eigenvalue weighted by atomic mass is 10.1. The normalized spacial score (nSPS) is 22.0. The third-order valence-corrected chi connectivity index (χ3v) is 5.82. The summed E-state index contributed by atoms with van der Waals surface area (Å²) in [6.07, 6.45) is 7.09. The molecule has 3 rings (SSSR count). The van der Waals surface area contributed by atoms with Crippen molar-refractivity contribution < 1.29 is 9.69 Å². The van der Waals surface area contributed by atoms with E-state index in [0.717, 1.165) is 30.2 Å². The van der Waals surface area contributed by atoms with E-state index in [4.69, 9.17) is 12.2 Å². The Morgan fingerprint density at radius 3 is 2.48 bits per heavy atom. The van der Waals surface area contributed by atoms with Gasteiger partial charge in [-0.05, 0) is 44.2 Å². The number of rotatable bonds is 3. The van der Waals surface area contributed by atoms with Crippen molar-refractivity contribution in [1.82, 2.24) is 4.90 Å². The van der Waals surface area contributed by atoms with Crippen molar-refractivity contribution in [2.75, 3.05) is 19.8 Å². The van der Waals surface area contributed by atoms with Crippen LogP contribution < -0.4 is 4.90 Å². The molecule has 1 N–H and O–H groups in total. The molecule has 0 atom stereocenters. The average molecular weight is 348 g/mol. The second-order valence-corrected chi connectivity index (χ2v) is 8.02. The van der Waals surface area contributed by atoms with E-state index in [-0.39, 0.29) is 5.91 Å². The zero-order valence-electron chi connectivity index (χ0n) is 13.5. The molecular formula is C18H23N2OS2+. The second kappa shape index (κ2) is 7.60. The summed E-state index contributed by atoms with van der Waals surface area (Å²) in [5, 5.41) is 0. The average Bonchev–Trinajstić information content (AvgIpc) is 2.75. The molecule has 0 spiro atoms.